The minimum Gasteiger partial charge on any atom is -0.340 e. The summed E-state index contributed by atoms with van der Waals surface area (Å²) in [4.78, 5) is 14.1. The van der Waals surface area contributed by atoms with E-state index in [1.165, 1.54) is 5.56 Å². The van der Waals surface area contributed by atoms with Gasteiger partial charge in [-0.15, -0.1) is 0 Å². The lowest BCUT2D eigenvalue weighted by atomic mass is 10.2. The number of benzene rings is 1. The number of nitrogens with zero attached hydrogens (tertiary/aromatic N) is 5. The highest BCUT2D eigenvalue weighted by molar-refractivity contribution is 5.74. The number of hydrogen-bond donors (Lipinski definition) is 0. The average molecular weight is 307 g/mol. The second-order valence-electron chi connectivity index (χ2n) is 6.07. The minimum atomic E-state index is 0.953. The summed E-state index contributed by atoms with van der Waals surface area (Å²) in [6, 6.07) is 14.7. The zero-order chi connectivity index (χ0) is 15.6. The molecule has 0 saturated carbocycles. The van der Waals surface area contributed by atoms with Crippen LogP contribution in [0.25, 0.3) is 11.2 Å². The van der Waals surface area contributed by atoms with Gasteiger partial charge in [0.15, 0.2) is 5.65 Å². The molecule has 0 aliphatic carbocycles. The molecule has 1 aliphatic heterocycles. The van der Waals surface area contributed by atoms with Gasteiger partial charge in [0.25, 0.3) is 0 Å². The zero-order valence-corrected chi connectivity index (χ0v) is 13.4. The van der Waals surface area contributed by atoms with Crippen molar-refractivity contribution < 1.29 is 0 Å². The Labute approximate surface area is 136 Å². The number of aryl methyl sites for hydroxylation is 1. The number of piperazine rings is 1. The lowest BCUT2D eigenvalue weighted by Crippen LogP contribution is -2.46. The lowest BCUT2D eigenvalue weighted by molar-refractivity contribution is 0.248. The van der Waals surface area contributed by atoms with Gasteiger partial charge in [-0.2, -0.15) is 0 Å². The van der Waals surface area contributed by atoms with Gasteiger partial charge in [-0.3, -0.25) is 9.47 Å². The standard InChI is InChI=1S/C18H21N5/c1-21-17-16(8-5-9-19-17)20-18(21)23-12-10-22(11-13-23)14-15-6-3-2-4-7-15/h2-9H,10-14H2,1H3. The maximum absolute atomic E-state index is 4.75. The van der Waals surface area contributed by atoms with E-state index in [1.54, 1.807) is 0 Å². The van der Waals surface area contributed by atoms with Crippen molar-refractivity contribution in [3.63, 3.8) is 0 Å². The van der Waals surface area contributed by atoms with E-state index in [-0.39, 0.29) is 0 Å². The fourth-order valence-electron chi connectivity index (χ4n) is 3.24. The first-order valence-corrected chi connectivity index (χ1v) is 8.10. The summed E-state index contributed by atoms with van der Waals surface area (Å²) in [6.07, 6.45) is 1.82. The molecule has 2 aromatic heterocycles. The van der Waals surface area contributed by atoms with Crippen LogP contribution in [0.1, 0.15) is 5.56 Å². The molecule has 118 valence electrons. The Morgan fingerprint density at radius 2 is 1.74 bits per heavy atom. The molecule has 3 heterocycles. The van der Waals surface area contributed by atoms with Crippen LogP contribution in [0.5, 0.6) is 0 Å². The quantitative estimate of drug-likeness (QED) is 0.744. The summed E-state index contributed by atoms with van der Waals surface area (Å²) in [5.74, 6) is 1.03. The summed E-state index contributed by atoms with van der Waals surface area (Å²) in [5, 5.41) is 0. The van der Waals surface area contributed by atoms with Crippen molar-refractivity contribution >= 4 is 17.1 Å². The Morgan fingerprint density at radius 1 is 0.957 bits per heavy atom. The van der Waals surface area contributed by atoms with Gasteiger partial charge in [0.05, 0.1) is 0 Å². The monoisotopic (exact) mass is 307 g/mol. The Kier molecular flexibility index (Phi) is 3.71. The molecule has 1 aromatic carbocycles. The van der Waals surface area contributed by atoms with E-state index in [2.05, 4.69) is 49.7 Å². The van der Waals surface area contributed by atoms with Crippen LogP contribution in [-0.4, -0.2) is 45.6 Å². The van der Waals surface area contributed by atoms with Crippen molar-refractivity contribution in [3.8, 4) is 0 Å². The highest BCUT2D eigenvalue weighted by Crippen LogP contribution is 2.21. The molecule has 1 saturated heterocycles. The number of anilines is 1. The summed E-state index contributed by atoms with van der Waals surface area (Å²) in [5.41, 5.74) is 3.30. The number of pyridine rings is 1. The van der Waals surface area contributed by atoms with Gasteiger partial charge in [-0.25, -0.2) is 9.97 Å². The van der Waals surface area contributed by atoms with E-state index in [9.17, 15) is 0 Å². The Bertz CT molecular complexity index is 788. The van der Waals surface area contributed by atoms with Gasteiger partial charge in [-0.1, -0.05) is 30.3 Å². The molecular weight excluding hydrogens is 286 g/mol. The van der Waals surface area contributed by atoms with Gasteiger partial charge < -0.3 is 4.90 Å². The van der Waals surface area contributed by atoms with Crippen molar-refractivity contribution in [1.29, 1.82) is 0 Å². The summed E-state index contributed by atoms with van der Waals surface area (Å²) >= 11 is 0. The summed E-state index contributed by atoms with van der Waals surface area (Å²) in [6.45, 7) is 5.16. The van der Waals surface area contributed by atoms with E-state index >= 15 is 0 Å². The first-order chi connectivity index (χ1) is 11.3. The zero-order valence-electron chi connectivity index (χ0n) is 13.4. The van der Waals surface area contributed by atoms with Crippen molar-refractivity contribution in [3.05, 3.63) is 54.2 Å². The molecule has 23 heavy (non-hydrogen) atoms. The highest BCUT2D eigenvalue weighted by Gasteiger charge is 2.21. The number of aromatic nitrogens is 3. The second kappa shape index (κ2) is 6.01. The number of hydrogen-bond acceptors (Lipinski definition) is 4. The van der Waals surface area contributed by atoms with Gasteiger partial charge in [0.1, 0.15) is 5.52 Å². The van der Waals surface area contributed by atoms with Crippen LogP contribution in [-0.2, 0) is 13.6 Å². The highest BCUT2D eigenvalue weighted by atomic mass is 15.4. The van der Waals surface area contributed by atoms with Gasteiger partial charge in [0.2, 0.25) is 5.95 Å². The molecule has 0 amide bonds. The normalized spacial score (nSPS) is 16.1. The molecule has 0 atom stereocenters. The lowest BCUT2D eigenvalue weighted by Gasteiger charge is -2.35. The molecule has 5 heteroatoms. The van der Waals surface area contributed by atoms with Crippen molar-refractivity contribution in [2.24, 2.45) is 7.05 Å². The number of imidazole rings is 1. The molecule has 0 spiro atoms. The maximum atomic E-state index is 4.75. The predicted molar refractivity (Wildman–Crippen MR) is 92.4 cm³/mol. The smallest absolute Gasteiger partial charge is 0.207 e. The fourth-order valence-corrected chi connectivity index (χ4v) is 3.24. The second-order valence-corrected chi connectivity index (χ2v) is 6.07. The minimum absolute atomic E-state index is 0.953. The van der Waals surface area contributed by atoms with E-state index < -0.39 is 0 Å². The number of rotatable bonds is 3. The number of fused-ring (bicyclic) bond motifs is 1. The van der Waals surface area contributed by atoms with Crippen LogP contribution in [0.4, 0.5) is 5.95 Å². The van der Waals surface area contributed by atoms with E-state index in [0.29, 0.717) is 0 Å². The van der Waals surface area contributed by atoms with Crippen LogP contribution in [0, 0.1) is 0 Å². The van der Waals surface area contributed by atoms with Crippen LogP contribution in [0.2, 0.25) is 0 Å². The van der Waals surface area contributed by atoms with Gasteiger partial charge in [-0.05, 0) is 17.7 Å². The van der Waals surface area contributed by atoms with Crippen LogP contribution in [0.15, 0.2) is 48.7 Å². The van der Waals surface area contributed by atoms with Gasteiger partial charge in [0, 0.05) is 46.0 Å². The van der Waals surface area contributed by atoms with E-state index in [4.69, 9.17) is 4.98 Å². The maximum Gasteiger partial charge on any atom is 0.207 e. The van der Waals surface area contributed by atoms with Crippen molar-refractivity contribution in [2.45, 2.75) is 6.54 Å². The SMILES string of the molecule is Cn1c(N2CCN(Cc3ccccc3)CC2)nc2cccnc21. The first-order valence-electron chi connectivity index (χ1n) is 8.10. The topological polar surface area (TPSA) is 37.2 Å². The van der Waals surface area contributed by atoms with Crippen LogP contribution >= 0.6 is 0 Å². The molecule has 0 unspecified atom stereocenters. The Balaban J connectivity index is 1.45. The third-order valence-corrected chi connectivity index (χ3v) is 4.51. The largest absolute Gasteiger partial charge is 0.340 e. The average Bonchev–Trinajstić information content (AvgIpc) is 2.94. The van der Waals surface area contributed by atoms with Crippen molar-refractivity contribution in [1.82, 2.24) is 19.4 Å². The first kappa shape index (κ1) is 14.2. The Hall–Kier alpha value is -2.40. The van der Waals surface area contributed by atoms with E-state index in [0.717, 1.165) is 49.8 Å². The molecule has 3 aromatic rings. The third-order valence-electron chi connectivity index (χ3n) is 4.51. The third kappa shape index (κ3) is 2.80. The van der Waals surface area contributed by atoms with Crippen LogP contribution < -0.4 is 4.90 Å². The fraction of sp³-hybridized carbons (Fsp3) is 0.333. The molecule has 0 bridgehead atoms. The molecule has 1 aliphatic rings. The Morgan fingerprint density at radius 3 is 2.48 bits per heavy atom. The summed E-state index contributed by atoms with van der Waals surface area (Å²) < 4.78 is 2.10. The predicted octanol–water partition coefficient (Wildman–Crippen LogP) is 2.29. The molecule has 0 radical (unpaired) electrons. The van der Waals surface area contributed by atoms with Crippen molar-refractivity contribution in [2.75, 3.05) is 31.1 Å². The van der Waals surface area contributed by atoms with Gasteiger partial charge >= 0.3 is 0 Å². The van der Waals surface area contributed by atoms with Crippen LogP contribution in [0.3, 0.4) is 0 Å². The molecule has 0 N–H and O–H groups in total. The van der Waals surface area contributed by atoms with E-state index in [1.807, 2.05) is 25.4 Å². The molecule has 4 rings (SSSR count). The molecule has 1 fully saturated rings. The summed E-state index contributed by atoms with van der Waals surface area (Å²) in [7, 11) is 2.05. The molecular formula is C18H21N5. The molecule has 5 nitrogen and oxygen atoms in total.